The molecule has 0 aliphatic heterocycles. The first-order valence-electron chi connectivity index (χ1n) is 11.0. The average molecular weight is 499 g/mol. The van der Waals surface area contributed by atoms with Gasteiger partial charge in [0.1, 0.15) is 0 Å². The minimum atomic E-state index is -0.750. The number of nitrogens with zero attached hydrogens (tertiary/aromatic N) is 1. The van der Waals surface area contributed by atoms with E-state index in [1.807, 2.05) is 6.07 Å². The Bertz CT molecular complexity index is 1400. The van der Waals surface area contributed by atoms with Crippen LogP contribution in [-0.4, -0.2) is 37.2 Å². The summed E-state index contributed by atoms with van der Waals surface area (Å²) in [6.45, 7) is -0.566. The third kappa shape index (κ3) is 5.56. The highest BCUT2D eigenvalue weighted by molar-refractivity contribution is 7.12. The maximum absolute atomic E-state index is 12.9. The second-order valence-electron chi connectivity index (χ2n) is 7.72. The Balaban J connectivity index is 1.43. The molecule has 0 atom stereocenters. The number of para-hydroxylation sites is 2. The molecule has 7 nitrogen and oxygen atoms in total. The number of anilines is 2. The van der Waals surface area contributed by atoms with Gasteiger partial charge in [0.05, 0.1) is 21.8 Å². The van der Waals surface area contributed by atoms with Gasteiger partial charge in [-0.3, -0.25) is 14.4 Å². The molecule has 1 aromatic heterocycles. The molecule has 8 heteroatoms. The molecule has 0 aliphatic rings. The molecule has 180 valence electrons. The van der Waals surface area contributed by atoms with Gasteiger partial charge in [0.2, 0.25) is 0 Å². The molecule has 1 heterocycles. The Hall–Kier alpha value is -4.56. The van der Waals surface area contributed by atoms with Crippen molar-refractivity contribution in [3.8, 4) is 0 Å². The van der Waals surface area contributed by atoms with Crippen LogP contribution >= 0.6 is 11.3 Å². The number of esters is 1. The van der Waals surface area contributed by atoms with E-state index < -0.39 is 18.5 Å². The number of thiophene rings is 1. The van der Waals surface area contributed by atoms with Crippen molar-refractivity contribution in [2.75, 3.05) is 23.9 Å². The molecule has 4 rings (SSSR count). The smallest absolute Gasteiger partial charge is 0.340 e. The van der Waals surface area contributed by atoms with Gasteiger partial charge in [0.25, 0.3) is 11.8 Å². The van der Waals surface area contributed by atoms with Crippen LogP contribution in [0.15, 0.2) is 96.4 Å². The van der Waals surface area contributed by atoms with Gasteiger partial charge in [-0.25, -0.2) is 4.79 Å². The third-order valence-electron chi connectivity index (χ3n) is 5.34. The first-order chi connectivity index (χ1) is 17.5. The average Bonchev–Trinajstić information content (AvgIpc) is 3.46. The molecule has 0 unspecified atom stereocenters. The Morgan fingerprint density at radius 2 is 1.47 bits per heavy atom. The number of ether oxygens (including phenoxy) is 1. The fourth-order valence-corrected chi connectivity index (χ4v) is 4.24. The summed E-state index contributed by atoms with van der Waals surface area (Å²) in [5, 5.41) is 4.44. The van der Waals surface area contributed by atoms with E-state index >= 15 is 0 Å². The maximum Gasteiger partial charge on any atom is 0.340 e. The van der Waals surface area contributed by atoms with E-state index in [4.69, 9.17) is 4.74 Å². The van der Waals surface area contributed by atoms with Crippen LogP contribution in [0.2, 0.25) is 0 Å². The van der Waals surface area contributed by atoms with E-state index in [1.165, 1.54) is 22.3 Å². The first-order valence-corrected chi connectivity index (χ1v) is 11.9. The fraction of sp³-hybridized carbons (Fsp3) is 0.0714. The standard InChI is InChI=1S/C28H22N2O5S/c1-30(27(33)24-16-9-17-36-24)23-15-8-6-13-21(23)28(34)35-18-25(31)29-22-14-7-5-12-20(22)26(32)19-10-3-2-4-11-19/h2-17H,18H2,1H3,(H,29,31). The van der Waals surface area contributed by atoms with Crippen molar-refractivity contribution in [1.82, 2.24) is 0 Å². The van der Waals surface area contributed by atoms with Crippen LogP contribution in [0.4, 0.5) is 11.4 Å². The summed E-state index contributed by atoms with van der Waals surface area (Å²) >= 11 is 1.30. The van der Waals surface area contributed by atoms with Gasteiger partial charge in [0, 0.05) is 18.2 Å². The number of ketones is 1. The second kappa shape index (κ2) is 11.2. The molecular formula is C28H22N2O5S. The van der Waals surface area contributed by atoms with Gasteiger partial charge >= 0.3 is 5.97 Å². The Labute approximate surface area is 212 Å². The van der Waals surface area contributed by atoms with Crippen LogP contribution in [0, 0.1) is 0 Å². The van der Waals surface area contributed by atoms with Crippen molar-refractivity contribution in [3.63, 3.8) is 0 Å². The second-order valence-corrected chi connectivity index (χ2v) is 8.67. The zero-order valence-electron chi connectivity index (χ0n) is 19.3. The predicted molar refractivity (Wildman–Crippen MR) is 139 cm³/mol. The minimum Gasteiger partial charge on any atom is -0.452 e. The third-order valence-corrected chi connectivity index (χ3v) is 6.20. The molecule has 0 saturated heterocycles. The molecule has 3 aromatic carbocycles. The Morgan fingerprint density at radius 1 is 0.806 bits per heavy atom. The summed E-state index contributed by atoms with van der Waals surface area (Å²) in [6.07, 6.45) is 0. The summed E-state index contributed by atoms with van der Waals surface area (Å²) in [6, 6.07) is 25.3. The number of benzene rings is 3. The number of carbonyl (C=O) groups is 4. The molecule has 0 radical (unpaired) electrons. The van der Waals surface area contributed by atoms with E-state index in [0.29, 0.717) is 27.4 Å². The summed E-state index contributed by atoms with van der Waals surface area (Å²) in [7, 11) is 1.57. The van der Waals surface area contributed by atoms with Crippen molar-refractivity contribution < 1.29 is 23.9 Å². The quantitative estimate of drug-likeness (QED) is 0.271. The van der Waals surface area contributed by atoms with Crippen LogP contribution in [-0.2, 0) is 9.53 Å². The molecule has 0 aliphatic carbocycles. The molecule has 0 fully saturated rings. The van der Waals surface area contributed by atoms with Gasteiger partial charge in [0.15, 0.2) is 12.4 Å². The number of hydrogen-bond acceptors (Lipinski definition) is 6. The lowest BCUT2D eigenvalue weighted by Crippen LogP contribution is -2.28. The van der Waals surface area contributed by atoms with Crippen molar-refractivity contribution in [2.24, 2.45) is 0 Å². The van der Waals surface area contributed by atoms with Gasteiger partial charge < -0.3 is 15.0 Å². The summed E-state index contributed by atoms with van der Waals surface area (Å²) in [5.41, 5.74) is 1.64. The zero-order chi connectivity index (χ0) is 25.5. The van der Waals surface area contributed by atoms with Crippen LogP contribution < -0.4 is 10.2 Å². The van der Waals surface area contributed by atoms with Gasteiger partial charge in [-0.2, -0.15) is 0 Å². The summed E-state index contributed by atoms with van der Waals surface area (Å²) in [5.74, 6) is -1.85. The van der Waals surface area contributed by atoms with Gasteiger partial charge in [-0.1, -0.05) is 60.7 Å². The van der Waals surface area contributed by atoms with Crippen molar-refractivity contribution in [1.29, 1.82) is 0 Å². The molecular weight excluding hydrogens is 476 g/mol. The van der Waals surface area contributed by atoms with E-state index in [0.717, 1.165) is 0 Å². The summed E-state index contributed by atoms with van der Waals surface area (Å²) in [4.78, 5) is 52.9. The Morgan fingerprint density at radius 3 is 2.19 bits per heavy atom. The number of hydrogen-bond donors (Lipinski definition) is 1. The summed E-state index contributed by atoms with van der Waals surface area (Å²) < 4.78 is 5.24. The lowest BCUT2D eigenvalue weighted by molar-refractivity contribution is -0.119. The molecule has 4 aromatic rings. The minimum absolute atomic E-state index is 0.150. The lowest BCUT2D eigenvalue weighted by atomic mass is 10.0. The highest BCUT2D eigenvalue weighted by Gasteiger charge is 2.22. The molecule has 36 heavy (non-hydrogen) atoms. The molecule has 2 amide bonds. The molecule has 0 spiro atoms. The number of carbonyl (C=O) groups excluding carboxylic acids is 4. The van der Waals surface area contributed by atoms with E-state index in [2.05, 4.69) is 5.32 Å². The van der Waals surface area contributed by atoms with Gasteiger partial charge in [-0.05, 0) is 35.7 Å². The fourth-order valence-electron chi connectivity index (χ4n) is 3.54. The number of nitrogens with one attached hydrogen (secondary N) is 1. The largest absolute Gasteiger partial charge is 0.452 e. The van der Waals surface area contributed by atoms with Crippen molar-refractivity contribution in [3.05, 3.63) is 118 Å². The molecule has 1 N–H and O–H groups in total. The lowest BCUT2D eigenvalue weighted by Gasteiger charge is -2.19. The highest BCUT2D eigenvalue weighted by atomic mass is 32.1. The molecule has 0 bridgehead atoms. The van der Waals surface area contributed by atoms with Gasteiger partial charge in [-0.15, -0.1) is 11.3 Å². The Kier molecular flexibility index (Phi) is 7.67. The van der Waals surface area contributed by atoms with Crippen LogP contribution in [0.1, 0.15) is 36.0 Å². The predicted octanol–water partition coefficient (Wildman–Crippen LogP) is 5.05. The molecule has 0 saturated carbocycles. The van der Waals surface area contributed by atoms with E-state index in [-0.39, 0.29) is 17.3 Å². The highest BCUT2D eigenvalue weighted by Crippen LogP contribution is 2.24. The van der Waals surface area contributed by atoms with Crippen molar-refractivity contribution in [2.45, 2.75) is 0 Å². The number of amides is 2. The number of rotatable bonds is 8. The SMILES string of the molecule is CN(C(=O)c1cccs1)c1ccccc1C(=O)OCC(=O)Nc1ccccc1C(=O)c1ccccc1. The first kappa shape index (κ1) is 24.6. The van der Waals surface area contributed by atoms with Crippen LogP contribution in [0.3, 0.4) is 0 Å². The van der Waals surface area contributed by atoms with Crippen molar-refractivity contribution >= 4 is 46.3 Å². The zero-order valence-corrected chi connectivity index (χ0v) is 20.2. The monoisotopic (exact) mass is 498 g/mol. The van der Waals surface area contributed by atoms with Crippen LogP contribution in [0.25, 0.3) is 0 Å². The topological polar surface area (TPSA) is 92.8 Å². The van der Waals surface area contributed by atoms with E-state index in [9.17, 15) is 19.2 Å². The maximum atomic E-state index is 12.9. The van der Waals surface area contributed by atoms with Crippen LogP contribution in [0.5, 0.6) is 0 Å². The van der Waals surface area contributed by atoms with E-state index in [1.54, 1.807) is 91.3 Å². The normalized spacial score (nSPS) is 10.4.